The molecule has 1 aliphatic heterocycles. The summed E-state index contributed by atoms with van der Waals surface area (Å²) in [5.41, 5.74) is 0.413. The van der Waals surface area contributed by atoms with Gasteiger partial charge in [-0.25, -0.2) is 4.79 Å². The molecule has 7 nitrogen and oxygen atoms in total. The summed E-state index contributed by atoms with van der Waals surface area (Å²) in [6, 6.07) is 13.5. The molecule has 0 bridgehead atoms. The Labute approximate surface area is 136 Å². The maximum Gasteiger partial charge on any atom is 0.380 e. The molecule has 2 aromatic carbocycles. The molecule has 2 aromatic rings. The van der Waals surface area contributed by atoms with Crippen LogP contribution in [0.1, 0.15) is 17.2 Å². The van der Waals surface area contributed by atoms with Crippen LogP contribution in [0, 0.1) is 10.1 Å². The van der Waals surface area contributed by atoms with Crippen molar-refractivity contribution in [1.29, 1.82) is 0 Å². The quantitative estimate of drug-likeness (QED) is 0.232. The number of esters is 1. The van der Waals surface area contributed by atoms with Crippen molar-refractivity contribution in [2.45, 2.75) is 6.10 Å². The third-order valence-corrected chi connectivity index (χ3v) is 3.63. The van der Waals surface area contributed by atoms with E-state index in [0.29, 0.717) is 11.1 Å². The number of aliphatic hydroxyl groups is 1. The van der Waals surface area contributed by atoms with Crippen LogP contribution in [-0.4, -0.2) is 21.8 Å². The zero-order valence-corrected chi connectivity index (χ0v) is 12.2. The normalized spacial score (nSPS) is 19.1. The summed E-state index contributed by atoms with van der Waals surface area (Å²) >= 11 is 0. The minimum Gasteiger partial charge on any atom is -0.507 e. The van der Waals surface area contributed by atoms with Crippen LogP contribution in [0.4, 0.5) is 5.69 Å². The molecule has 7 heteroatoms. The Balaban J connectivity index is 2.07. The van der Waals surface area contributed by atoms with Crippen LogP contribution >= 0.6 is 0 Å². The average molecular weight is 325 g/mol. The molecule has 0 radical (unpaired) electrons. The van der Waals surface area contributed by atoms with E-state index in [9.17, 15) is 24.8 Å². The number of rotatable bonds is 3. The van der Waals surface area contributed by atoms with Crippen molar-refractivity contribution >= 4 is 23.2 Å². The van der Waals surface area contributed by atoms with E-state index >= 15 is 0 Å². The van der Waals surface area contributed by atoms with Gasteiger partial charge in [-0.05, 0) is 17.7 Å². The Morgan fingerprint density at radius 2 is 1.67 bits per heavy atom. The Hall–Kier alpha value is -3.48. The number of non-ortho nitro benzene ring substituents is 1. The maximum absolute atomic E-state index is 12.1. The molecule has 3 rings (SSSR count). The summed E-state index contributed by atoms with van der Waals surface area (Å²) in [5.74, 6) is -2.36. The Morgan fingerprint density at radius 1 is 1.04 bits per heavy atom. The molecule has 0 aliphatic carbocycles. The first-order valence-electron chi connectivity index (χ1n) is 6.97. The van der Waals surface area contributed by atoms with E-state index in [0.717, 1.165) is 0 Å². The zero-order chi connectivity index (χ0) is 17.3. The zero-order valence-electron chi connectivity index (χ0n) is 12.2. The van der Waals surface area contributed by atoms with Gasteiger partial charge in [-0.2, -0.15) is 0 Å². The number of nitrogens with zero attached hydrogens (tertiary/aromatic N) is 1. The van der Waals surface area contributed by atoms with Gasteiger partial charge in [0, 0.05) is 17.7 Å². The van der Waals surface area contributed by atoms with Crippen LogP contribution in [0.25, 0.3) is 5.76 Å². The van der Waals surface area contributed by atoms with Crippen LogP contribution in [0.5, 0.6) is 0 Å². The number of carbonyl (C=O) groups excluding carboxylic acids is 2. The number of ketones is 1. The summed E-state index contributed by atoms with van der Waals surface area (Å²) < 4.78 is 5.04. The number of aliphatic hydroxyl groups excluding tert-OH is 1. The molecule has 0 amide bonds. The third kappa shape index (κ3) is 2.63. The highest BCUT2D eigenvalue weighted by molar-refractivity contribution is 6.44. The number of hydrogen-bond donors (Lipinski definition) is 1. The van der Waals surface area contributed by atoms with E-state index in [-0.39, 0.29) is 17.0 Å². The molecule has 1 saturated heterocycles. The lowest BCUT2D eigenvalue weighted by Crippen LogP contribution is -2.08. The van der Waals surface area contributed by atoms with Gasteiger partial charge in [-0.3, -0.25) is 14.9 Å². The predicted octanol–water partition coefficient (Wildman–Crippen LogP) is 2.73. The number of cyclic esters (lactones) is 1. The molecular formula is C17H11NO6. The van der Waals surface area contributed by atoms with E-state index in [4.69, 9.17) is 4.74 Å². The monoisotopic (exact) mass is 325 g/mol. The SMILES string of the molecule is O=C1OC(c2ccc([N+](=O)[O-])cc2)/C(=C(\O)c2ccccc2)C1=O. The van der Waals surface area contributed by atoms with Crippen molar-refractivity contribution in [3.63, 3.8) is 0 Å². The van der Waals surface area contributed by atoms with Crippen molar-refractivity contribution in [2.24, 2.45) is 0 Å². The second-order valence-corrected chi connectivity index (χ2v) is 5.09. The first-order chi connectivity index (χ1) is 11.5. The van der Waals surface area contributed by atoms with E-state index in [1.165, 1.54) is 24.3 Å². The highest BCUT2D eigenvalue weighted by atomic mass is 16.6. The Kier molecular flexibility index (Phi) is 3.83. The minimum absolute atomic E-state index is 0.132. The molecular weight excluding hydrogens is 314 g/mol. The van der Waals surface area contributed by atoms with Gasteiger partial charge < -0.3 is 9.84 Å². The van der Waals surface area contributed by atoms with Gasteiger partial charge in [-0.1, -0.05) is 30.3 Å². The first kappa shape index (κ1) is 15.4. The van der Waals surface area contributed by atoms with Gasteiger partial charge in [0.2, 0.25) is 0 Å². The average Bonchev–Trinajstić information content (AvgIpc) is 2.90. The van der Waals surface area contributed by atoms with Gasteiger partial charge in [0.05, 0.1) is 10.5 Å². The summed E-state index contributed by atoms with van der Waals surface area (Å²) in [6.45, 7) is 0. The van der Waals surface area contributed by atoms with Crippen LogP contribution in [0.2, 0.25) is 0 Å². The smallest absolute Gasteiger partial charge is 0.380 e. The number of nitro groups is 1. The molecule has 0 spiro atoms. The molecule has 120 valence electrons. The Morgan fingerprint density at radius 3 is 2.25 bits per heavy atom. The van der Waals surface area contributed by atoms with Gasteiger partial charge in [0.25, 0.3) is 11.5 Å². The standard InChI is InChI=1S/C17H11NO6/c19-14(10-4-2-1-3-5-10)13-15(20)17(21)24-16(13)11-6-8-12(9-7-11)18(22)23/h1-9,16,19H/b14-13-. The fraction of sp³-hybridized carbons (Fsp3) is 0.0588. The lowest BCUT2D eigenvalue weighted by molar-refractivity contribution is -0.384. The van der Waals surface area contributed by atoms with Crippen LogP contribution in [0.3, 0.4) is 0 Å². The van der Waals surface area contributed by atoms with Crippen molar-refractivity contribution in [1.82, 2.24) is 0 Å². The molecule has 24 heavy (non-hydrogen) atoms. The third-order valence-electron chi connectivity index (χ3n) is 3.63. The number of nitro benzene ring substituents is 1. The molecule has 0 aromatic heterocycles. The van der Waals surface area contributed by atoms with E-state index in [2.05, 4.69) is 0 Å². The van der Waals surface area contributed by atoms with Crippen molar-refractivity contribution in [3.8, 4) is 0 Å². The van der Waals surface area contributed by atoms with Crippen LogP contribution in [0.15, 0.2) is 60.2 Å². The molecule has 1 atom stereocenters. The van der Waals surface area contributed by atoms with E-state index in [1.807, 2.05) is 0 Å². The van der Waals surface area contributed by atoms with Gasteiger partial charge in [0.15, 0.2) is 6.10 Å². The van der Waals surface area contributed by atoms with Crippen molar-refractivity contribution in [2.75, 3.05) is 0 Å². The van der Waals surface area contributed by atoms with Gasteiger partial charge in [-0.15, -0.1) is 0 Å². The molecule has 1 aliphatic rings. The summed E-state index contributed by atoms with van der Waals surface area (Å²) in [6.07, 6.45) is -1.11. The number of Topliss-reactive ketones (excluding diaryl/α,β-unsaturated/α-hetero) is 1. The predicted molar refractivity (Wildman–Crippen MR) is 82.9 cm³/mol. The highest BCUT2D eigenvalue weighted by Gasteiger charge is 2.42. The molecule has 1 fully saturated rings. The summed E-state index contributed by atoms with van der Waals surface area (Å²) in [7, 11) is 0. The van der Waals surface area contributed by atoms with Crippen molar-refractivity contribution < 1.29 is 24.4 Å². The van der Waals surface area contributed by atoms with E-state index < -0.39 is 22.8 Å². The van der Waals surface area contributed by atoms with Gasteiger partial charge >= 0.3 is 5.97 Å². The molecule has 1 N–H and O–H groups in total. The van der Waals surface area contributed by atoms with Crippen molar-refractivity contribution in [3.05, 3.63) is 81.4 Å². The largest absolute Gasteiger partial charge is 0.507 e. The number of carbonyl (C=O) groups is 2. The minimum atomic E-state index is -1.11. The fourth-order valence-electron chi connectivity index (χ4n) is 2.44. The van der Waals surface area contributed by atoms with Crippen LogP contribution < -0.4 is 0 Å². The lowest BCUT2D eigenvalue weighted by atomic mass is 9.96. The molecule has 1 unspecified atom stereocenters. The number of hydrogen-bond acceptors (Lipinski definition) is 6. The lowest BCUT2D eigenvalue weighted by Gasteiger charge is -2.12. The second kappa shape index (κ2) is 5.96. The number of ether oxygens (including phenoxy) is 1. The second-order valence-electron chi connectivity index (χ2n) is 5.09. The molecule has 1 heterocycles. The topological polar surface area (TPSA) is 107 Å². The first-order valence-corrected chi connectivity index (χ1v) is 6.97. The van der Waals surface area contributed by atoms with Gasteiger partial charge in [0.1, 0.15) is 5.76 Å². The van der Waals surface area contributed by atoms with E-state index in [1.54, 1.807) is 30.3 Å². The summed E-state index contributed by atoms with van der Waals surface area (Å²) in [5, 5.41) is 21.1. The highest BCUT2D eigenvalue weighted by Crippen LogP contribution is 2.37. The Bertz CT molecular complexity index is 854. The molecule has 0 saturated carbocycles. The maximum atomic E-state index is 12.1. The van der Waals surface area contributed by atoms with Crippen LogP contribution in [-0.2, 0) is 14.3 Å². The fourth-order valence-corrected chi connectivity index (χ4v) is 2.44. The summed E-state index contributed by atoms with van der Waals surface area (Å²) in [4.78, 5) is 33.9. The number of benzene rings is 2.